The predicted molar refractivity (Wildman–Crippen MR) is 122 cm³/mol. The number of methoxy groups -OCH3 is 1. The monoisotopic (exact) mass is 490 g/mol. The summed E-state index contributed by atoms with van der Waals surface area (Å²) in [6.07, 6.45) is -7.13. The Balaban J connectivity index is 1.64. The molecule has 0 spiro atoms. The van der Waals surface area contributed by atoms with E-state index < -0.39 is 54.4 Å². The molecule has 3 aliphatic carbocycles. The molecular weight excluding hydrogens is 456 g/mol. The molecule has 1 fully saturated rings. The van der Waals surface area contributed by atoms with Crippen molar-refractivity contribution >= 4 is 5.78 Å². The van der Waals surface area contributed by atoms with Crippen LogP contribution in [0.3, 0.4) is 0 Å². The lowest BCUT2D eigenvalue weighted by atomic mass is 9.57. The number of aliphatic hydroxyl groups is 5. The molecule has 1 saturated heterocycles. The summed E-state index contributed by atoms with van der Waals surface area (Å²) in [5, 5.41) is 54.8. The summed E-state index contributed by atoms with van der Waals surface area (Å²) in [5.74, 6) is -0.426. The molecule has 0 bridgehead atoms. The molecule has 0 radical (unpaired) electrons. The lowest BCUT2D eigenvalue weighted by Gasteiger charge is -2.54. The van der Waals surface area contributed by atoms with Crippen molar-refractivity contribution in [3.63, 3.8) is 0 Å². The third-order valence-electron chi connectivity index (χ3n) is 8.24. The van der Waals surface area contributed by atoms with Crippen molar-refractivity contribution in [2.75, 3.05) is 7.11 Å². The van der Waals surface area contributed by atoms with E-state index in [1.807, 2.05) is 6.92 Å². The van der Waals surface area contributed by atoms with Gasteiger partial charge in [0.25, 0.3) is 0 Å². The number of fused-ring (bicyclic) bond motifs is 3. The molecule has 0 saturated carbocycles. The molecule has 9 heteroatoms. The summed E-state index contributed by atoms with van der Waals surface area (Å²) in [6.45, 7) is 3.57. The minimum atomic E-state index is -1.70. The standard InChI is InChI=1S/C26H34O9/c1-11-9-13-7-8-26(32)19(17(13)15(27)10-11)21(29)14-5-4-6-16(33-3)18(14)24(26)35-25-23(31)22(30)20(28)12(2)34-25/h4-6,11-12,19-25,28-32H,7-10H2,1-3H3/t11-,12-,19-,20-,21+,22+,23-,24+,25-,26-/m1/s1. The first-order chi connectivity index (χ1) is 16.6. The van der Waals surface area contributed by atoms with Gasteiger partial charge in [-0.15, -0.1) is 0 Å². The maximum Gasteiger partial charge on any atom is 0.187 e. The molecule has 35 heavy (non-hydrogen) atoms. The fourth-order valence-electron chi connectivity index (χ4n) is 6.49. The van der Waals surface area contributed by atoms with E-state index in [0.29, 0.717) is 35.3 Å². The van der Waals surface area contributed by atoms with Gasteiger partial charge in [0.05, 0.1) is 19.3 Å². The number of allylic oxidation sites excluding steroid dienone is 1. The van der Waals surface area contributed by atoms with Crippen LogP contribution in [-0.2, 0) is 14.3 Å². The fourth-order valence-corrected chi connectivity index (χ4v) is 6.49. The summed E-state index contributed by atoms with van der Waals surface area (Å²) >= 11 is 0. The number of rotatable bonds is 3. The van der Waals surface area contributed by atoms with E-state index in [1.165, 1.54) is 7.11 Å². The van der Waals surface area contributed by atoms with Gasteiger partial charge in [-0.25, -0.2) is 0 Å². The largest absolute Gasteiger partial charge is 0.496 e. The molecule has 1 aromatic carbocycles. The summed E-state index contributed by atoms with van der Waals surface area (Å²) in [6, 6.07) is 5.12. The second-order valence-electron chi connectivity index (χ2n) is 10.5. The highest BCUT2D eigenvalue weighted by Crippen LogP contribution is 2.59. The molecule has 0 amide bonds. The Bertz CT molecular complexity index is 1040. The molecule has 4 aliphatic rings. The van der Waals surface area contributed by atoms with E-state index in [4.69, 9.17) is 14.2 Å². The average molecular weight is 491 g/mol. The second-order valence-corrected chi connectivity index (χ2v) is 10.5. The molecule has 5 N–H and O–H groups in total. The molecule has 0 unspecified atom stereocenters. The van der Waals surface area contributed by atoms with Gasteiger partial charge in [0.1, 0.15) is 35.8 Å². The first-order valence-electron chi connectivity index (χ1n) is 12.3. The third kappa shape index (κ3) is 3.76. The highest BCUT2D eigenvalue weighted by atomic mass is 16.7. The predicted octanol–water partition coefficient (Wildman–Crippen LogP) is 1.06. The van der Waals surface area contributed by atoms with Crippen LogP contribution in [0.15, 0.2) is 29.3 Å². The van der Waals surface area contributed by atoms with Crippen molar-refractivity contribution < 1.29 is 44.5 Å². The van der Waals surface area contributed by atoms with Crippen molar-refractivity contribution in [1.29, 1.82) is 0 Å². The van der Waals surface area contributed by atoms with Gasteiger partial charge in [0.15, 0.2) is 12.1 Å². The van der Waals surface area contributed by atoms with Gasteiger partial charge in [-0.2, -0.15) is 0 Å². The highest BCUT2D eigenvalue weighted by molar-refractivity contribution is 5.98. The Labute approximate surface area is 203 Å². The smallest absolute Gasteiger partial charge is 0.187 e. The lowest BCUT2D eigenvalue weighted by Crippen LogP contribution is -2.60. The van der Waals surface area contributed by atoms with E-state index >= 15 is 0 Å². The minimum absolute atomic E-state index is 0.0767. The van der Waals surface area contributed by atoms with E-state index in [1.54, 1.807) is 25.1 Å². The number of hydrogen-bond acceptors (Lipinski definition) is 9. The van der Waals surface area contributed by atoms with E-state index in [2.05, 4.69) is 0 Å². The minimum Gasteiger partial charge on any atom is -0.496 e. The molecule has 0 aromatic heterocycles. The van der Waals surface area contributed by atoms with Crippen LogP contribution in [0.25, 0.3) is 0 Å². The second kappa shape index (κ2) is 8.92. The molecule has 5 rings (SSSR count). The van der Waals surface area contributed by atoms with Crippen LogP contribution in [0.4, 0.5) is 0 Å². The Morgan fingerprint density at radius 2 is 1.80 bits per heavy atom. The fraction of sp³-hybridized carbons (Fsp3) is 0.654. The molecule has 10 atom stereocenters. The van der Waals surface area contributed by atoms with Crippen LogP contribution < -0.4 is 4.74 Å². The molecule has 1 aliphatic heterocycles. The van der Waals surface area contributed by atoms with E-state index in [-0.39, 0.29) is 18.1 Å². The topological polar surface area (TPSA) is 146 Å². The number of ketones is 1. The van der Waals surface area contributed by atoms with Crippen LogP contribution in [0.1, 0.15) is 62.9 Å². The summed E-state index contributed by atoms with van der Waals surface area (Å²) in [4.78, 5) is 13.2. The quantitative estimate of drug-likeness (QED) is 0.420. The Kier molecular flexibility index (Phi) is 6.32. The van der Waals surface area contributed by atoms with Gasteiger partial charge >= 0.3 is 0 Å². The first-order valence-corrected chi connectivity index (χ1v) is 12.3. The number of Topliss-reactive ketones (excluding diaryl/α,β-unsaturated/α-hetero) is 1. The summed E-state index contributed by atoms with van der Waals surface area (Å²) < 4.78 is 17.5. The zero-order valence-electron chi connectivity index (χ0n) is 20.1. The molecule has 1 heterocycles. The average Bonchev–Trinajstić information content (AvgIpc) is 2.83. The van der Waals surface area contributed by atoms with Gasteiger partial charge < -0.3 is 39.7 Å². The number of ether oxygens (including phenoxy) is 3. The van der Waals surface area contributed by atoms with Crippen LogP contribution >= 0.6 is 0 Å². The lowest BCUT2D eigenvalue weighted by molar-refractivity contribution is -0.326. The van der Waals surface area contributed by atoms with Gasteiger partial charge in [0.2, 0.25) is 0 Å². The van der Waals surface area contributed by atoms with Gasteiger partial charge in [-0.05, 0) is 43.7 Å². The number of carbonyl (C=O) groups is 1. The van der Waals surface area contributed by atoms with Crippen molar-refractivity contribution in [1.82, 2.24) is 0 Å². The normalized spacial score (nSPS) is 43.3. The van der Waals surface area contributed by atoms with Crippen molar-refractivity contribution in [3.05, 3.63) is 40.5 Å². The third-order valence-corrected chi connectivity index (χ3v) is 8.24. The van der Waals surface area contributed by atoms with Crippen LogP contribution in [0.5, 0.6) is 5.75 Å². The van der Waals surface area contributed by atoms with Crippen molar-refractivity contribution in [2.24, 2.45) is 11.8 Å². The van der Waals surface area contributed by atoms with Gasteiger partial charge in [-0.1, -0.05) is 24.6 Å². The molecule has 1 aromatic rings. The van der Waals surface area contributed by atoms with Crippen LogP contribution in [0, 0.1) is 11.8 Å². The number of carbonyl (C=O) groups excluding carboxylic acids is 1. The number of benzene rings is 1. The Hall–Kier alpha value is -1.85. The maximum atomic E-state index is 13.2. The SMILES string of the molecule is COc1cccc2c1[C@H](O[C@H]1O[C@H](C)[C@@H](O)[C@H](O)[C@H]1O)[C@@]1(O)CCC3=C(C(=O)C[C@H](C)C3)[C@@H]1[C@H]2O. The summed E-state index contributed by atoms with van der Waals surface area (Å²) in [7, 11) is 1.47. The van der Waals surface area contributed by atoms with E-state index in [9.17, 15) is 30.3 Å². The van der Waals surface area contributed by atoms with Gasteiger partial charge in [-0.3, -0.25) is 4.79 Å². The first kappa shape index (κ1) is 24.8. The number of hydrogen-bond donors (Lipinski definition) is 5. The van der Waals surface area contributed by atoms with Gasteiger partial charge in [0, 0.05) is 23.5 Å². The maximum absolute atomic E-state index is 13.2. The van der Waals surface area contributed by atoms with Crippen LogP contribution in [0.2, 0.25) is 0 Å². The zero-order valence-corrected chi connectivity index (χ0v) is 20.1. The van der Waals surface area contributed by atoms with E-state index in [0.717, 1.165) is 12.0 Å². The molecular formula is C26H34O9. The Morgan fingerprint density at radius 1 is 1.06 bits per heavy atom. The summed E-state index contributed by atoms with van der Waals surface area (Å²) in [5.41, 5.74) is 0.604. The molecule has 192 valence electrons. The highest BCUT2D eigenvalue weighted by Gasteiger charge is 2.60. The van der Waals surface area contributed by atoms with Crippen molar-refractivity contribution in [3.8, 4) is 5.75 Å². The van der Waals surface area contributed by atoms with Crippen molar-refractivity contribution in [2.45, 2.75) is 88.0 Å². The zero-order chi connectivity index (χ0) is 25.2. The molecule has 9 nitrogen and oxygen atoms in total. The van der Waals surface area contributed by atoms with Crippen LogP contribution in [-0.4, -0.2) is 74.7 Å². The number of aliphatic hydroxyl groups excluding tert-OH is 4. The Morgan fingerprint density at radius 3 is 2.51 bits per heavy atom.